The van der Waals surface area contributed by atoms with E-state index in [2.05, 4.69) is 10.3 Å². The van der Waals surface area contributed by atoms with Gasteiger partial charge in [-0.25, -0.2) is 0 Å². The first kappa shape index (κ1) is 12.5. The largest absolute Gasteiger partial charge is 0.377 e. The second kappa shape index (κ2) is 5.14. The molecule has 0 aliphatic rings. The number of non-ortho nitro benzene ring substituents is 1. The molecule has 94 valence electrons. The lowest BCUT2D eigenvalue weighted by Crippen LogP contribution is -2.06. The summed E-state index contributed by atoms with van der Waals surface area (Å²) in [6.45, 7) is 3.89. The molecule has 1 N–H and O–H groups in total. The molecule has 2 aromatic rings. The number of nitro benzene ring substituents is 1. The fraction of sp³-hybridized carbons (Fsp3) is 0.250. The van der Waals surface area contributed by atoms with Crippen molar-refractivity contribution in [3.8, 4) is 0 Å². The molecule has 18 heavy (non-hydrogen) atoms. The summed E-state index contributed by atoms with van der Waals surface area (Å²) in [4.78, 5) is 15.4. The Morgan fingerprint density at radius 1 is 1.50 bits per heavy atom. The van der Waals surface area contributed by atoms with Crippen LogP contribution in [0.15, 0.2) is 29.9 Å². The van der Waals surface area contributed by atoms with E-state index in [1.165, 1.54) is 6.07 Å². The van der Waals surface area contributed by atoms with E-state index in [1.807, 2.05) is 20.0 Å². The van der Waals surface area contributed by atoms with Gasteiger partial charge in [-0.2, -0.15) is 0 Å². The summed E-state index contributed by atoms with van der Waals surface area (Å²) in [7, 11) is 0. The zero-order valence-electron chi connectivity index (χ0n) is 10.1. The van der Waals surface area contributed by atoms with Crippen LogP contribution in [0.3, 0.4) is 0 Å². The first-order chi connectivity index (χ1) is 8.58. The van der Waals surface area contributed by atoms with E-state index in [4.69, 9.17) is 0 Å². The molecule has 0 bridgehead atoms. The zero-order chi connectivity index (χ0) is 13.1. The van der Waals surface area contributed by atoms with Crippen molar-refractivity contribution in [3.63, 3.8) is 0 Å². The molecule has 1 unspecified atom stereocenters. The van der Waals surface area contributed by atoms with E-state index in [1.54, 1.807) is 29.0 Å². The van der Waals surface area contributed by atoms with Crippen LogP contribution in [0.5, 0.6) is 0 Å². The molecule has 1 aromatic carbocycles. The summed E-state index contributed by atoms with van der Waals surface area (Å²) in [6.07, 6.45) is 1.82. The number of nitrogens with zero attached hydrogens (tertiary/aromatic N) is 2. The van der Waals surface area contributed by atoms with Gasteiger partial charge in [0.25, 0.3) is 5.69 Å². The van der Waals surface area contributed by atoms with Gasteiger partial charge in [0.05, 0.1) is 16.5 Å². The summed E-state index contributed by atoms with van der Waals surface area (Å²) < 4.78 is 0. The number of hydrogen-bond acceptors (Lipinski definition) is 5. The van der Waals surface area contributed by atoms with Crippen LogP contribution in [0, 0.1) is 17.0 Å². The lowest BCUT2D eigenvalue weighted by molar-refractivity contribution is -0.384. The van der Waals surface area contributed by atoms with E-state index in [-0.39, 0.29) is 16.7 Å². The smallest absolute Gasteiger partial charge is 0.269 e. The third-order valence-corrected chi connectivity index (χ3v) is 3.63. The summed E-state index contributed by atoms with van der Waals surface area (Å²) in [6, 6.07) is 4.96. The van der Waals surface area contributed by atoms with E-state index < -0.39 is 0 Å². The summed E-state index contributed by atoms with van der Waals surface area (Å²) >= 11 is 1.58. The lowest BCUT2D eigenvalue weighted by atomic mass is 10.1. The lowest BCUT2D eigenvalue weighted by Gasteiger charge is -2.15. The first-order valence-electron chi connectivity index (χ1n) is 5.48. The van der Waals surface area contributed by atoms with Crippen LogP contribution in [0.25, 0.3) is 0 Å². The minimum absolute atomic E-state index is 0.114. The van der Waals surface area contributed by atoms with Gasteiger partial charge in [-0.05, 0) is 25.5 Å². The Balaban J connectivity index is 2.17. The van der Waals surface area contributed by atoms with Crippen LogP contribution in [0.4, 0.5) is 11.4 Å². The van der Waals surface area contributed by atoms with E-state index in [0.29, 0.717) is 0 Å². The normalized spacial score (nSPS) is 12.1. The summed E-state index contributed by atoms with van der Waals surface area (Å²) in [5, 5.41) is 14.0. The number of benzene rings is 1. The number of anilines is 1. The quantitative estimate of drug-likeness (QED) is 0.676. The van der Waals surface area contributed by atoms with Gasteiger partial charge in [-0.3, -0.25) is 15.1 Å². The Morgan fingerprint density at radius 3 is 2.83 bits per heavy atom. The number of aromatic nitrogens is 1. The van der Waals surface area contributed by atoms with Crippen molar-refractivity contribution in [1.82, 2.24) is 4.98 Å². The SMILES string of the molecule is Cc1cc([N+](=O)[O-])ccc1NC(C)c1cncs1. The summed E-state index contributed by atoms with van der Waals surface area (Å²) in [5.74, 6) is 0. The van der Waals surface area contributed by atoms with Gasteiger partial charge in [0, 0.05) is 28.9 Å². The molecule has 0 saturated heterocycles. The molecule has 1 aromatic heterocycles. The van der Waals surface area contributed by atoms with Crippen molar-refractivity contribution in [2.45, 2.75) is 19.9 Å². The number of nitrogens with one attached hydrogen (secondary N) is 1. The molecule has 0 saturated carbocycles. The fourth-order valence-electron chi connectivity index (χ4n) is 1.67. The Kier molecular flexibility index (Phi) is 3.57. The van der Waals surface area contributed by atoms with Crippen LogP contribution in [-0.2, 0) is 0 Å². The molecule has 0 radical (unpaired) electrons. The molecular formula is C12H13N3O2S. The van der Waals surface area contributed by atoms with Crippen molar-refractivity contribution in [2.24, 2.45) is 0 Å². The highest BCUT2D eigenvalue weighted by atomic mass is 32.1. The van der Waals surface area contributed by atoms with Gasteiger partial charge in [-0.15, -0.1) is 11.3 Å². The fourth-order valence-corrected chi connectivity index (χ4v) is 2.30. The van der Waals surface area contributed by atoms with Crippen LogP contribution in [0.1, 0.15) is 23.4 Å². The Bertz CT molecular complexity index is 554. The van der Waals surface area contributed by atoms with Crippen molar-refractivity contribution in [3.05, 3.63) is 50.5 Å². The minimum Gasteiger partial charge on any atom is -0.377 e. The third-order valence-electron chi connectivity index (χ3n) is 2.67. The average molecular weight is 263 g/mol. The maximum Gasteiger partial charge on any atom is 0.269 e. The second-order valence-electron chi connectivity index (χ2n) is 4.03. The van der Waals surface area contributed by atoms with Crippen molar-refractivity contribution >= 4 is 22.7 Å². The number of aryl methyl sites for hydroxylation is 1. The molecule has 2 rings (SSSR count). The maximum absolute atomic E-state index is 10.7. The van der Waals surface area contributed by atoms with E-state index >= 15 is 0 Å². The molecule has 0 aliphatic heterocycles. The second-order valence-corrected chi connectivity index (χ2v) is 4.94. The van der Waals surface area contributed by atoms with Crippen LogP contribution >= 0.6 is 11.3 Å². The number of rotatable bonds is 4. The highest BCUT2D eigenvalue weighted by Crippen LogP contribution is 2.26. The topological polar surface area (TPSA) is 68.1 Å². The molecule has 6 heteroatoms. The molecule has 0 spiro atoms. The van der Waals surface area contributed by atoms with Gasteiger partial charge in [0.2, 0.25) is 0 Å². The molecule has 1 heterocycles. The molecule has 5 nitrogen and oxygen atoms in total. The molecule has 0 amide bonds. The number of nitro groups is 1. The van der Waals surface area contributed by atoms with E-state index in [9.17, 15) is 10.1 Å². The molecule has 0 fully saturated rings. The molecular weight excluding hydrogens is 250 g/mol. The Labute approximate surface area is 109 Å². The maximum atomic E-state index is 10.7. The summed E-state index contributed by atoms with van der Waals surface area (Å²) in [5.41, 5.74) is 3.67. The van der Waals surface area contributed by atoms with Gasteiger partial charge in [-0.1, -0.05) is 0 Å². The highest BCUT2D eigenvalue weighted by Gasteiger charge is 2.11. The van der Waals surface area contributed by atoms with Crippen LogP contribution < -0.4 is 5.32 Å². The molecule has 1 atom stereocenters. The first-order valence-corrected chi connectivity index (χ1v) is 6.36. The predicted octanol–water partition coefficient (Wildman–Crippen LogP) is 3.53. The Hall–Kier alpha value is -1.95. The monoisotopic (exact) mass is 263 g/mol. The predicted molar refractivity (Wildman–Crippen MR) is 72.0 cm³/mol. The van der Waals surface area contributed by atoms with Crippen LogP contribution in [0.2, 0.25) is 0 Å². The zero-order valence-corrected chi connectivity index (χ0v) is 10.9. The van der Waals surface area contributed by atoms with Crippen LogP contribution in [-0.4, -0.2) is 9.91 Å². The van der Waals surface area contributed by atoms with Crippen molar-refractivity contribution in [1.29, 1.82) is 0 Å². The standard InChI is InChI=1S/C12H13N3O2S/c1-8-5-10(15(16)17)3-4-11(8)14-9(2)12-6-13-7-18-12/h3-7,9,14H,1-2H3. The number of thiazole rings is 1. The Morgan fingerprint density at radius 2 is 2.28 bits per heavy atom. The van der Waals surface area contributed by atoms with Gasteiger partial charge in [0.15, 0.2) is 0 Å². The van der Waals surface area contributed by atoms with Crippen molar-refractivity contribution < 1.29 is 4.92 Å². The van der Waals surface area contributed by atoms with Gasteiger partial charge < -0.3 is 5.32 Å². The van der Waals surface area contributed by atoms with Gasteiger partial charge in [0.1, 0.15) is 0 Å². The minimum atomic E-state index is -0.386. The van der Waals surface area contributed by atoms with E-state index in [0.717, 1.165) is 16.1 Å². The van der Waals surface area contributed by atoms with Gasteiger partial charge >= 0.3 is 0 Å². The highest BCUT2D eigenvalue weighted by molar-refractivity contribution is 7.09. The van der Waals surface area contributed by atoms with Crippen molar-refractivity contribution in [2.75, 3.05) is 5.32 Å². The number of hydrogen-bond donors (Lipinski definition) is 1. The third kappa shape index (κ3) is 2.65. The average Bonchev–Trinajstić information content (AvgIpc) is 2.85. The molecule has 0 aliphatic carbocycles.